The van der Waals surface area contributed by atoms with Gasteiger partial charge in [0.25, 0.3) is 6.01 Å². The minimum Gasteiger partial charge on any atom is -0.423 e. The van der Waals surface area contributed by atoms with Gasteiger partial charge in [0, 0.05) is 5.56 Å². The molecule has 0 bridgehead atoms. The molecule has 0 atom stereocenters. The normalized spacial score (nSPS) is 12.0. The van der Waals surface area contributed by atoms with Crippen molar-refractivity contribution in [1.29, 1.82) is 0 Å². The first-order chi connectivity index (χ1) is 13.6. The molecule has 1 aromatic heterocycles. The highest BCUT2D eigenvalue weighted by molar-refractivity contribution is 7.91. The van der Waals surface area contributed by atoms with Crippen LogP contribution in [0.5, 0.6) is 5.75 Å². The average molecular weight is 430 g/mol. The minimum absolute atomic E-state index is 0.192. The van der Waals surface area contributed by atoms with E-state index in [1.54, 1.807) is 0 Å². The summed E-state index contributed by atoms with van der Waals surface area (Å²) in [5.41, 5.74) is 0.186. The number of nitrogens with zero attached hydrogens (tertiary/aromatic N) is 1. The second-order valence-corrected chi connectivity index (χ2v) is 8.05. The largest absolute Gasteiger partial charge is 0.573 e. The van der Waals surface area contributed by atoms with Crippen LogP contribution in [0.1, 0.15) is 6.92 Å². The molecule has 3 aromatic rings. The molecule has 0 radical (unpaired) electrons. The van der Waals surface area contributed by atoms with Gasteiger partial charge in [-0.15, -0.1) is 13.2 Å². The molecule has 6 nitrogen and oxygen atoms in total. The van der Waals surface area contributed by atoms with Crippen molar-refractivity contribution in [3.8, 4) is 17.1 Å². The number of anilines is 2. The summed E-state index contributed by atoms with van der Waals surface area (Å²) in [6, 6.07) is 7.99. The van der Waals surface area contributed by atoms with Gasteiger partial charge in [0.15, 0.2) is 21.3 Å². The Hall–Kier alpha value is -3.08. The molecule has 1 heterocycles. The third-order valence-corrected chi connectivity index (χ3v) is 5.52. The first-order valence-corrected chi connectivity index (χ1v) is 9.84. The van der Waals surface area contributed by atoms with Crippen LogP contribution in [0, 0.1) is 5.82 Å². The molecule has 0 saturated carbocycles. The van der Waals surface area contributed by atoms with Gasteiger partial charge in [-0.3, -0.25) is 0 Å². The summed E-state index contributed by atoms with van der Waals surface area (Å²) in [7, 11) is -3.68. The Morgan fingerprint density at radius 3 is 2.45 bits per heavy atom. The Morgan fingerprint density at radius 2 is 1.83 bits per heavy atom. The van der Waals surface area contributed by atoms with Crippen LogP contribution in [0.25, 0.3) is 11.3 Å². The van der Waals surface area contributed by atoms with E-state index in [9.17, 15) is 26.0 Å². The molecular formula is C18H14F4N2O4S. The van der Waals surface area contributed by atoms with E-state index in [0.29, 0.717) is 5.56 Å². The number of ether oxygens (including phenoxy) is 1. The second kappa shape index (κ2) is 7.74. The van der Waals surface area contributed by atoms with Gasteiger partial charge in [-0.25, -0.2) is 17.8 Å². The van der Waals surface area contributed by atoms with Crippen molar-refractivity contribution < 1.29 is 35.1 Å². The number of hydrogen-bond acceptors (Lipinski definition) is 6. The molecule has 0 unspecified atom stereocenters. The molecule has 0 aliphatic rings. The minimum atomic E-state index is -4.99. The molecule has 0 aliphatic heterocycles. The van der Waals surface area contributed by atoms with E-state index in [4.69, 9.17) is 4.42 Å². The Bertz CT molecular complexity index is 1110. The van der Waals surface area contributed by atoms with Gasteiger partial charge in [-0.1, -0.05) is 6.92 Å². The summed E-state index contributed by atoms with van der Waals surface area (Å²) < 4.78 is 84.5. The summed E-state index contributed by atoms with van der Waals surface area (Å²) in [5.74, 6) is -1.12. The van der Waals surface area contributed by atoms with E-state index < -0.39 is 27.8 Å². The van der Waals surface area contributed by atoms with Gasteiger partial charge in [0.05, 0.1) is 22.5 Å². The van der Waals surface area contributed by atoms with Gasteiger partial charge in [-0.2, -0.15) is 0 Å². The van der Waals surface area contributed by atoms with Gasteiger partial charge in [0.1, 0.15) is 5.82 Å². The summed E-state index contributed by atoms with van der Waals surface area (Å²) in [4.78, 5) is 3.71. The van der Waals surface area contributed by atoms with E-state index in [-0.39, 0.29) is 28.1 Å². The molecule has 0 aliphatic carbocycles. The topological polar surface area (TPSA) is 81.4 Å². The molecule has 0 amide bonds. The molecule has 154 valence electrons. The smallest absolute Gasteiger partial charge is 0.423 e. The van der Waals surface area contributed by atoms with Crippen LogP contribution in [0.15, 0.2) is 58.0 Å². The number of hydrogen-bond donors (Lipinski definition) is 1. The Kier molecular flexibility index (Phi) is 5.51. The van der Waals surface area contributed by atoms with E-state index >= 15 is 0 Å². The van der Waals surface area contributed by atoms with Crippen molar-refractivity contribution in [2.45, 2.75) is 18.2 Å². The van der Waals surface area contributed by atoms with Crippen molar-refractivity contribution in [2.75, 3.05) is 11.1 Å². The number of nitrogens with one attached hydrogen (secondary N) is 1. The standard InChI is InChI=1S/C18H14F4N2O4S/c1-2-29(25,26)13-7-8-15(28-18(20,21)22)14(9-13)24-17-23-10-16(27-17)11-3-5-12(19)6-4-11/h3-10H,2H2,1H3,(H,23,24). The van der Waals surface area contributed by atoms with Gasteiger partial charge in [0.2, 0.25) is 0 Å². The summed E-state index contributed by atoms with van der Waals surface area (Å²) in [6.45, 7) is 1.41. The Labute approximate surface area is 163 Å². The number of benzene rings is 2. The predicted octanol–water partition coefficient (Wildman–Crippen LogP) is 4.92. The van der Waals surface area contributed by atoms with Crippen molar-refractivity contribution in [3.05, 3.63) is 54.5 Å². The number of alkyl halides is 3. The van der Waals surface area contributed by atoms with E-state index in [0.717, 1.165) is 18.2 Å². The van der Waals surface area contributed by atoms with Crippen LogP contribution in [-0.2, 0) is 9.84 Å². The predicted molar refractivity (Wildman–Crippen MR) is 96.0 cm³/mol. The van der Waals surface area contributed by atoms with Crippen molar-refractivity contribution >= 4 is 21.5 Å². The van der Waals surface area contributed by atoms with Crippen LogP contribution in [0.3, 0.4) is 0 Å². The molecule has 0 saturated heterocycles. The lowest BCUT2D eigenvalue weighted by Gasteiger charge is -2.14. The lowest BCUT2D eigenvalue weighted by atomic mass is 10.2. The summed E-state index contributed by atoms with van der Waals surface area (Å²) in [5, 5.41) is 2.49. The summed E-state index contributed by atoms with van der Waals surface area (Å²) in [6.07, 6.45) is -3.70. The quantitative estimate of drug-likeness (QED) is 0.560. The van der Waals surface area contributed by atoms with Crippen molar-refractivity contribution in [2.24, 2.45) is 0 Å². The Balaban J connectivity index is 1.96. The number of oxazole rings is 1. The van der Waals surface area contributed by atoms with Crippen LogP contribution >= 0.6 is 0 Å². The highest BCUT2D eigenvalue weighted by Gasteiger charge is 2.32. The first kappa shape index (κ1) is 20.6. The van der Waals surface area contributed by atoms with Gasteiger partial charge < -0.3 is 14.5 Å². The molecule has 3 rings (SSSR count). The van der Waals surface area contributed by atoms with Gasteiger partial charge >= 0.3 is 6.36 Å². The highest BCUT2D eigenvalue weighted by Crippen LogP contribution is 2.35. The average Bonchev–Trinajstić information content (AvgIpc) is 3.11. The Morgan fingerprint density at radius 1 is 1.14 bits per heavy atom. The molecule has 11 heteroatoms. The maximum atomic E-state index is 13.0. The van der Waals surface area contributed by atoms with E-state index in [2.05, 4.69) is 15.0 Å². The maximum Gasteiger partial charge on any atom is 0.573 e. The summed E-state index contributed by atoms with van der Waals surface area (Å²) >= 11 is 0. The number of halogens is 4. The highest BCUT2D eigenvalue weighted by atomic mass is 32.2. The van der Waals surface area contributed by atoms with Gasteiger partial charge in [-0.05, 0) is 42.5 Å². The SMILES string of the molecule is CCS(=O)(=O)c1ccc(OC(F)(F)F)c(Nc2ncc(-c3ccc(F)cc3)o2)c1. The fraction of sp³-hybridized carbons (Fsp3) is 0.167. The maximum absolute atomic E-state index is 13.0. The zero-order valence-electron chi connectivity index (χ0n) is 14.8. The number of rotatable bonds is 6. The van der Waals surface area contributed by atoms with Crippen LogP contribution in [0.2, 0.25) is 0 Å². The lowest BCUT2D eigenvalue weighted by Crippen LogP contribution is -2.18. The second-order valence-electron chi connectivity index (χ2n) is 5.77. The first-order valence-electron chi connectivity index (χ1n) is 8.19. The van der Waals surface area contributed by atoms with E-state index in [1.165, 1.54) is 37.4 Å². The monoisotopic (exact) mass is 430 g/mol. The van der Waals surface area contributed by atoms with Crippen molar-refractivity contribution in [3.63, 3.8) is 0 Å². The molecular weight excluding hydrogens is 416 g/mol. The third kappa shape index (κ3) is 5.05. The van der Waals surface area contributed by atoms with E-state index in [1.807, 2.05) is 0 Å². The number of sulfone groups is 1. The molecule has 0 spiro atoms. The number of aromatic nitrogens is 1. The molecule has 29 heavy (non-hydrogen) atoms. The molecule has 0 fully saturated rings. The van der Waals surface area contributed by atoms with Crippen molar-refractivity contribution in [1.82, 2.24) is 4.98 Å². The lowest BCUT2D eigenvalue weighted by molar-refractivity contribution is -0.274. The zero-order chi connectivity index (χ0) is 21.2. The van der Waals surface area contributed by atoms with Crippen LogP contribution in [0.4, 0.5) is 29.3 Å². The third-order valence-electron chi connectivity index (χ3n) is 3.79. The fourth-order valence-electron chi connectivity index (χ4n) is 2.38. The molecule has 1 N–H and O–H groups in total. The van der Waals surface area contributed by atoms with Crippen LogP contribution in [-0.4, -0.2) is 25.5 Å². The van der Waals surface area contributed by atoms with Crippen LogP contribution < -0.4 is 10.1 Å². The molecule has 2 aromatic carbocycles. The fourth-order valence-corrected chi connectivity index (χ4v) is 3.28. The zero-order valence-corrected chi connectivity index (χ0v) is 15.6.